The number of benzene rings is 1. The van der Waals surface area contributed by atoms with Gasteiger partial charge in [-0.3, -0.25) is 0 Å². The molecule has 72 valence electrons. The Morgan fingerprint density at radius 3 is 2.93 bits per heavy atom. The molecule has 5 heteroatoms. The molecule has 0 spiro atoms. The second kappa shape index (κ2) is 3.95. The van der Waals surface area contributed by atoms with Crippen LogP contribution in [0.2, 0.25) is 0 Å². The minimum absolute atomic E-state index is 0.272. The maximum atomic E-state index is 13.3. The summed E-state index contributed by atoms with van der Waals surface area (Å²) in [5, 5.41) is 2.88. The smallest absolute Gasteiger partial charge is 0.147 e. The second-order valence-corrected chi connectivity index (χ2v) is 3.96. The normalized spacial score (nSPS) is 10.1. The molecule has 0 aliphatic carbocycles. The molecule has 0 saturated heterocycles. The van der Waals surface area contributed by atoms with Crippen molar-refractivity contribution in [2.75, 3.05) is 5.32 Å². The van der Waals surface area contributed by atoms with Crippen molar-refractivity contribution in [2.45, 2.75) is 0 Å². The van der Waals surface area contributed by atoms with Crippen molar-refractivity contribution in [3.63, 3.8) is 0 Å². The van der Waals surface area contributed by atoms with Crippen molar-refractivity contribution in [3.8, 4) is 0 Å². The zero-order chi connectivity index (χ0) is 9.97. The lowest BCUT2D eigenvalue weighted by Crippen LogP contribution is -1.93. The molecule has 14 heavy (non-hydrogen) atoms. The number of nitrogens with one attached hydrogen (secondary N) is 2. The Balaban J connectivity index is 2.25. The third-order valence-corrected chi connectivity index (χ3v) is 2.37. The summed E-state index contributed by atoms with van der Waals surface area (Å²) in [6.07, 6.45) is 3.13. The Labute approximate surface area is 93.9 Å². The van der Waals surface area contributed by atoms with Gasteiger partial charge in [0.25, 0.3) is 0 Å². The summed E-state index contributed by atoms with van der Waals surface area (Å²) in [4.78, 5) is 6.66. The predicted octanol–water partition coefficient (Wildman–Crippen LogP) is 2.90. The summed E-state index contributed by atoms with van der Waals surface area (Å²) in [7, 11) is 0. The quantitative estimate of drug-likeness (QED) is 0.838. The van der Waals surface area contributed by atoms with Crippen LogP contribution in [0, 0.1) is 9.39 Å². The van der Waals surface area contributed by atoms with Crippen LogP contribution < -0.4 is 5.32 Å². The summed E-state index contributed by atoms with van der Waals surface area (Å²) >= 11 is 2.06. The van der Waals surface area contributed by atoms with Crippen LogP contribution in [0.15, 0.2) is 30.7 Å². The van der Waals surface area contributed by atoms with E-state index in [0.29, 0.717) is 11.5 Å². The highest BCUT2D eigenvalue weighted by Gasteiger charge is 2.02. The summed E-state index contributed by atoms with van der Waals surface area (Å²) in [6, 6.07) is 5.00. The van der Waals surface area contributed by atoms with E-state index in [9.17, 15) is 4.39 Å². The summed E-state index contributed by atoms with van der Waals surface area (Å²) < 4.78 is 14.2. The molecule has 1 aromatic carbocycles. The van der Waals surface area contributed by atoms with E-state index >= 15 is 0 Å². The zero-order valence-corrected chi connectivity index (χ0v) is 9.25. The molecule has 1 aromatic heterocycles. The first-order valence-corrected chi connectivity index (χ1v) is 5.04. The number of aromatic amines is 1. The Morgan fingerprint density at radius 2 is 2.29 bits per heavy atom. The number of hydrogen-bond donors (Lipinski definition) is 2. The van der Waals surface area contributed by atoms with E-state index in [1.54, 1.807) is 12.3 Å². The number of imidazole rings is 1. The van der Waals surface area contributed by atoms with Gasteiger partial charge in [-0.25, -0.2) is 9.37 Å². The highest BCUT2D eigenvalue weighted by molar-refractivity contribution is 14.1. The van der Waals surface area contributed by atoms with Gasteiger partial charge in [0.05, 0.1) is 18.2 Å². The van der Waals surface area contributed by atoms with Crippen LogP contribution in [0.1, 0.15) is 0 Å². The first-order chi connectivity index (χ1) is 6.75. The number of hydrogen-bond acceptors (Lipinski definition) is 2. The highest BCUT2D eigenvalue weighted by atomic mass is 127. The molecule has 0 bridgehead atoms. The van der Waals surface area contributed by atoms with Crippen molar-refractivity contribution in [3.05, 3.63) is 40.1 Å². The standard InChI is InChI=1S/C9H7FIN3/c10-7-3-6(11)1-2-8(7)14-9-4-12-5-13-9/h1-5,14H,(H,12,13). The van der Waals surface area contributed by atoms with Crippen LogP contribution in [0.4, 0.5) is 15.9 Å². The lowest BCUT2D eigenvalue weighted by molar-refractivity contribution is 0.631. The van der Waals surface area contributed by atoms with Gasteiger partial charge in [-0.2, -0.15) is 0 Å². The van der Waals surface area contributed by atoms with Gasteiger partial charge in [-0.15, -0.1) is 0 Å². The molecule has 0 amide bonds. The monoisotopic (exact) mass is 303 g/mol. The predicted molar refractivity (Wildman–Crippen MR) is 61.0 cm³/mol. The van der Waals surface area contributed by atoms with Crippen molar-refractivity contribution in [2.24, 2.45) is 0 Å². The molecule has 2 N–H and O–H groups in total. The van der Waals surface area contributed by atoms with E-state index in [0.717, 1.165) is 3.57 Å². The molecule has 0 radical (unpaired) electrons. The number of anilines is 2. The SMILES string of the molecule is Fc1cc(I)ccc1Nc1cnc[nH]1. The molecule has 3 nitrogen and oxygen atoms in total. The average molecular weight is 303 g/mol. The third kappa shape index (κ3) is 2.03. The number of halogens is 2. The molecule has 0 saturated carbocycles. The van der Waals surface area contributed by atoms with E-state index in [4.69, 9.17) is 0 Å². The van der Waals surface area contributed by atoms with E-state index in [1.165, 1.54) is 12.4 Å². The summed E-state index contributed by atoms with van der Waals surface area (Å²) in [6.45, 7) is 0. The average Bonchev–Trinajstić information content (AvgIpc) is 2.62. The van der Waals surface area contributed by atoms with E-state index < -0.39 is 0 Å². The molecule has 1 heterocycles. The Kier molecular flexibility index (Phi) is 2.67. The highest BCUT2D eigenvalue weighted by Crippen LogP contribution is 2.19. The molecule has 0 unspecified atom stereocenters. The topological polar surface area (TPSA) is 40.7 Å². The van der Waals surface area contributed by atoms with Crippen LogP contribution in [-0.2, 0) is 0 Å². The van der Waals surface area contributed by atoms with E-state index in [2.05, 4.69) is 37.9 Å². The molecular formula is C9H7FIN3. The largest absolute Gasteiger partial charge is 0.338 e. The van der Waals surface area contributed by atoms with Crippen molar-refractivity contribution in [1.29, 1.82) is 0 Å². The van der Waals surface area contributed by atoms with E-state index in [1.807, 2.05) is 6.07 Å². The molecular weight excluding hydrogens is 296 g/mol. The Hall–Kier alpha value is -1.11. The van der Waals surface area contributed by atoms with Crippen LogP contribution in [-0.4, -0.2) is 9.97 Å². The van der Waals surface area contributed by atoms with Gasteiger partial charge in [0, 0.05) is 3.57 Å². The molecule has 2 rings (SSSR count). The molecule has 0 atom stereocenters. The van der Waals surface area contributed by atoms with Crippen LogP contribution >= 0.6 is 22.6 Å². The fraction of sp³-hybridized carbons (Fsp3) is 0. The summed E-state index contributed by atoms with van der Waals surface area (Å²) in [5.74, 6) is 0.400. The van der Waals surface area contributed by atoms with Crippen LogP contribution in [0.25, 0.3) is 0 Å². The minimum Gasteiger partial charge on any atom is -0.338 e. The first-order valence-electron chi connectivity index (χ1n) is 3.96. The second-order valence-electron chi connectivity index (χ2n) is 2.71. The number of nitrogens with zero attached hydrogens (tertiary/aromatic N) is 1. The fourth-order valence-corrected chi connectivity index (χ4v) is 1.51. The zero-order valence-electron chi connectivity index (χ0n) is 7.09. The third-order valence-electron chi connectivity index (χ3n) is 1.70. The number of aromatic nitrogens is 2. The first kappa shape index (κ1) is 9.45. The Morgan fingerprint density at radius 1 is 1.43 bits per heavy atom. The lowest BCUT2D eigenvalue weighted by atomic mass is 10.3. The maximum Gasteiger partial charge on any atom is 0.147 e. The fourth-order valence-electron chi connectivity index (χ4n) is 1.06. The van der Waals surface area contributed by atoms with Crippen molar-refractivity contribution in [1.82, 2.24) is 9.97 Å². The number of rotatable bonds is 2. The minimum atomic E-state index is -0.272. The van der Waals surface area contributed by atoms with E-state index in [-0.39, 0.29) is 5.82 Å². The van der Waals surface area contributed by atoms with Crippen LogP contribution in [0.5, 0.6) is 0 Å². The van der Waals surface area contributed by atoms with Gasteiger partial charge in [-0.1, -0.05) is 0 Å². The van der Waals surface area contributed by atoms with Gasteiger partial charge >= 0.3 is 0 Å². The molecule has 2 aromatic rings. The van der Waals surface area contributed by atoms with Crippen molar-refractivity contribution < 1.29 is 4.39 Å². The van der Waals surface area contributed by atoms with Gasteiger partial charge in [0.2, 0.25) is 0 Å². The van der Waals surface area contributed by atoms with Gasteiger partial charge in [0.15, 0.2) is 0 Å². The van der Waals surface area contributed by atoms with Gasteiger partial charge in [0.1, 0.15) is 11.6 Å². The van der Waals surface area contributed by atoms with Crippen molar-refractivity contribution >= 4 is 34.1 Å². The Bertz CT molecular complexity index is 428. The maximum absolute atomic E-state index is 13.3. The van der Waals surface area contributed by atoms with Crippen LogP contribution in [0.3, 0.4) is 0 Å². The lowest BCUT2D eigenvalue weighted by Gasteiger charge is -2.04. The molecule has 0 aliphatic rings. The number of H-pyrrole nitrogens is 1. The molecule has 0 fully saturated rings. The van der Waals surface area contributed by atoms with Gasteiger partial charge < -0.3 is 10.3 Å². The molecule has 0 aliphatic heterocycles. The summed E-state index contributed by atoms with van der Waals surface area (Å²) in [5.41, 5.74) is 0.440. The van der Waals surface area contributed by atoms with Gasteiger partial charge in [-0.05, 0) is 40.8 Å².